The van der Waals surface area contributed by atoms with Crippen molar-refractivity contribution in [2.24, 2.45) is 0 Å². The van der Waals surface area contributed by atoms with E-state index < -0.39 is 95.5 Å². The number of rotatable bonds is 16. The van der Waals surface area contributed by atoms with E-state index in [4.69, 9.17) is 33.4 Å². The largest absolute Gasteiger partial charge is 0.507 e. The molecule has 0 aliphatic carbocycles. The van der Waals surface area contributed by atoms with Gasteiger partial charge in [-0.2, -0.15) is 0 Å². The fourth-order valence-electron chi connectivity index (χ4n) is 9.53. The van der Waals surface area contributed by atoms with Gasteiger partial charge in [0, 0.05) is 99.9 Å². The first-order valence-corrected chi connectivity index (χ1v) is 38.3. The first-order chi connectivity index (χ1) is 54.8. The fourth-order valence-corrected chi connectivity index (χ4v) is 11.3. The van der Waals surface area contributed by atoms with Crippen molar-refractivity contribution in [2.45, 2.75) is 13.2 Å². The van der Waals surface area contributed by atoms with Gasteiger partial charge in [0.1, 0.15) is 69.8 Å². The van der Waals surface area contributed by atoms with E-state index in [-0.39, 0.29) is 55.4 Å². The normalized spacial score (nSPS) is 10.1. The smallest absolute Gasteiger partial charge is 0.347 e. The zero-order chi connectivity index (χ0) is 84.8. The number of pyridine rings is 5. The summed E-state index contributed by atoms with van der Waals surface area (Å²) >= 11 is 5.60. The number of aliphatic hydroxyl groups is 1. The van der Waals surface area contributed by atoms with Crippen LogP contribution in [0.5, 0.6) is 23.0 Å². The maximum Gasteiger partial charge on any atom is 0.347 e. The van der Waals surface area contributed by atoms with E-state index in [2.05, 4.69) is 30.8 Å². The van der Waals surface area contributed by atoms with Gasteiger partial charge in [-0.25, -0.2) is 45.3 Å². The lowest BCUT2D eigenvalue weighted by atomic mass is 10.2. The van der Waals surface area contributed by atoms with Crippen LogP contribution in [0.3, 0.4) is 0 Å². The van der Waals surface area contributed by atoms with Crippen LogP contribution in [0.25, 0.3) is 28.4 Å². The molecule has 0 aliphatic heterocycles. The maximum atomic E-state index is 13.1. The molecule has 0 unspecified atom stereocenters. The summed E-state index contributed by atoms with van der Waals surface area (Å²) in [5.74, 6) is -4.60. The van der Waals surface area contributed by atoms with Crippen LogP contribution < -0.4 is 42.0 Å². The van der Waals surface area contributed by atoms with Gasteiger partial charge in [-0.1, -0.05) is 24.3 Å². The topological polar surface area (TPSA) is 328 Å². The van der Waals surface area contributed by atoms with Crippen molar-refractivity contribution in [3.8, 4) is 51.4 Å². The third-order valence-corrected chi connectivity index (χ3v) is 17.9. The van der Waals surface area contributed by atoms with Crippen LogP contribution in [-0.4, -0.2) is 116 Å². The molecule has 0 bridgehead atoms. The van der Waals surface area contributed by atoms with Gasteiger partial charge in [-0.15, -0.1) is 0 Å². The molecule has 7 aromatic carbocycles. The Bertz CT molecular complexity index is 5600. The molecule has 12 rings (SSSR count). The van der Waals surface area contributed by atoms with Crippen LogP contribution >= 0.6 is 89.1 Å². The number of carboxylic acid groups (broad SMARTS) is 1. The first-order valence-electron chi connectivity index (χ1n) is 32.3. The van der Waals surface area contributed by atoms with Crippen molar-refractivity contribution >= 4 is 137 Å². The lowest BCUT2D eigenvalue weighted by Crippen LogP contribution is -2.26. The minimum atomic E-state index is -1.67. The minimum absolute atomic E-state index is 0. The van der Waals surface area contributed by atoms with E-state index in [1.54, 1.807) is 67.3 Å². The van der Waals surface area contributed by atoms with Crippen molar-refractivity contribution in [1.82, 2.24) is 22.8 Å². The molecule has 0 fully saturated rings. The maximum absolute atomic E-state index is 13.1. The van der Waals surface area contributed by atoms with Gasteiger partial charge in [0.2, 0.25) is 9.23 Å². The monoisotopic (exact) mass is 1990 g/mol. The summed E-state index contributed by atoms with van der Waals surface area (Å²) in [5, 5.41) is 27.2. The molecule has 0 spiro atoms. The summed E-state index contributed by atoms with van der Waals surface area (Å²) in [6, 6.07) is 48.7. The number of aldehydes is 1. The average molecular weight is 1990 g/mol. The molecule has 5 heterocycles. The van der Waals surface area contributed by atoms with Crippen LogP contribution in [0.1, 0.15) is 62.9 Å². The molecular formula is C79H61BCl2F5I3N5O20S. The van der Waals surface area contributed by atoms with Gasteiger partial charge < -0.3 is 43.7 Å². The van der Waals surface area contributed by atoms with Crippen molar-refractivity contribution in [2.75, 3.05) is 35.5 Å². The van der Waals surface area contributed by atoms with Crippen molar-refractivity contribution in [3.05, 3.63) is 362 Å². The third-order valence-electron chi connectivity index (χ3n) is 15.2. The number of aromatic hydroxyl groups is 1. The number of ether oxygens (including phenoxy) is 6. The second kappa shape index (κ2) is 46.9. The molecule has 0 amide bonds. The zero-order valence-electron chi connectivity index (χ0n) is 60.7. The first kappa shape index (κ1) is 95.2. The Hall–Kier alpha value is -11.4. The SMILES string of the molecule is COC(=O)c1c(I)ccn(-c2ccc(F)cc2)c1=O.COC(=O)c1c(O)ccn(-c2ccc(F)cc2)c1=O.COC(=O)c1c(OCc2ccc(OC)cc2)ccn(-c2ccc(F)cc2)c1=O.COc1ccc(CO)cc1.O=C(O)c1c(I)ccn(-c2ccc(F)cc2)c1=O.O=Cc1c(I)ccn(-c2ccc(F)cc2)c1=O.O=S(Cl)Cl.[B]. The van der Waals surface area contributed by atoms with Gasteiger partial charge in [-0.05, 0) is 255 Å². The van der Waals surface area contributed by atoms with Gasteiger partial charge in [0.25, 0.3) is 27.8 Å². The van der Waals surface area contributed by atoms with E-state index in [0.29, 0.717) is 51.2 Å². The van der Waals surface area contributed by atoms with E-state index in [1.165, 1.54) is 197 Å². The molecule has 5 aromatic heterocycles. The summed E-state index contributed by atoms with van der Waals surface area (Å²) in [6.07, 6.45) is 7.84. The Morgan fingerprint density at radius 1 is 0.414 bits per heavy atom. The van der Waals surface area contributed by atoms with Crippen LogP contribution in [-0.2, 0) is 36.7 Å². The van der Waals surface area contributed by atoms with Crippen LogP contribution in [0.15, 0.2) is 255 Å². The summed E-state index contributed by atoms with van der Waals surface area (Å²) in [7, 11) is 14.1. The number of hydrogen-bond donors (Lipinski definition) is 3. The molecule has 0 atom stereocenters. The highest BCUT2D eigenvalue weighted by Gasteiger charge is 2.23. The number of aromatic carboxylic acids is 1. The molecule has 25 nitrogen and oxygen atoms in total. The number of halogens is 10. The molecule has 37 heteroatoms. The van der Waals surface area contributed by atoms with Crippen molar-refractivity contribution in [3.63, 3.8) is 0 Å². The molecule has 116 heavy (non-hydrogen) atoms. The Labute approximate surface area is 709 Å². The Balaban J connectivity index is 0.000000250. The third kappa shape index (κ3) is 26.9. The van der Waals surface area contributed by atoms with Crippen LogP contribution in [0, 0.1) is 39.8 Å². The number of hydrogen-bond acceptors (Lipinski definition) is 19. The van der Waals surface area contributed by atoms with Crippen molar-refractivity contribution < 1.29 is 93.9 Å². The summed E-state index contributed by atoms with van der Waals surface area (Å²) in [4.78, 5) is 118. The molecule has 0 aliphatic rings. The quantitative estimate of drug-likeness (QED) is 0.0154. The number of esters is 3. The fraction of sp³-hybridized carbons (Fsp3) is 0.0886. The number of methoxy groups -OCH3 is 5. The highest BCUT2D eigenvalue weighted by atomic mass is 127. The summed E-state index contributed by atoms with van der Waals surface area (Å²) in [5.41, 5.74) is 0.139. The molecule has 0 saturated carbocycles. The second-order valence-corrected chi connectivity index (χ2v) is 28.3. The number of aliphatic hydroxyl groups excluding tert-OH is 1. The van der Waals surface area contributed by atoms with E-state index in [1.807, 2.05) is 81.6 Å². The molecule has 0 saturated heterocycles. The number of carbonyl (C=O) groups is 5. The standard InChI is InChI=1S/C21H18FNO5.C13H9FINO3.C13H10FNO4.C12H7FINO3.C12H7FINO2.C8H10O2.B.Cl2OS/c1-26-17-9-3-14(4-10-17)13-28-18-11-12-23(16-7-5-15(22)6-8-16)20(24)19(18)21(25)27-2;1-19-13(18)11-10(15)6-7-16(12(11)17)9-4-2-8(14)3-5-9;1-19-13(18)11-10(16)6-7-15(12(11)17)9-4-2-8(14)3-5-9;13-7-1-3-8(4-2-7)15-6-5-9(14)10(11(15)16)12(17)18;13-8-1-3-9(4-2-8)15-6-5-11(14)10(7-16)12(15)17;1-10-8-4-2-7(6-9)3-5-8;;1-4(2)3/h3-12H,13H2,1-2H3;2-7H,1H3;2-7,16H,1H3;1-6H,(H,17,18);1-7H;2-5,9H,6H2,1H3;;. The lowest BCUT2D eigenvalue weighted by Gasteiger charge is -2.13. The molecule has 601 valence electrons. The average Bonchev–Trinajstić information content (AvgIpc) is 0.812. The number of nitrogens with zero attached hydrogens (tertiary/aromatic N) is 5. The van der Waals surface area contributed by atoms with Gasteiger partial charge >= 0.3 is 23.9 Å². The number of aromatic nitrogens is 5. The molecule has 3 N–H and O–H groups in total. The van der Waals surface area contributed by atoms with Crippen LogP contribution in [0.2, 0.25) is 0 Å². The zero-order valence-corrected chi connectivity index (χ0v) is 69.5. The second-order valence-electron chi connectivity index (χ2n) is 22.3. The van der Waals surface area contributed by atoms with E-state index in [0.717, 1.165) is 28.6 Å². The lowest BCUT2D eigenvalue weighted by molar-refractivity contribution is 0.0584. The van der Waals surface area contributed by atoms with E-state index in [9.17, 15) is 75.0 Å². The van der Waals surface area contributed by atoms with Crippen molar-refractivity contribution in [1.29, 1.82) is 0 Å². The van der Waals surface area contributed by atoms with E-state index >= 15 is 0 Å². The number of carbonyl (C=O) groups excluding carboxylic acids is 4. The predicted octanol–water partition coefficient (Wildman–Crippen LogP) is 13.7. The van der Waals surface area contributed by atoms with Gasteiger partial charge in [0.15, 0.2) is 17.4 Å². The number of benzene rings is 7. The Morgan fingerprint density at radius 2 is 0.698 bits per heavy atom. The van der Waals surface area contributed by atoms with Crippen LogP contribution in [0.4, 0.5) is 22.0 Å². The molecular weight excluding hydrogens is 1930 g/mol. The minimum Gasteiger partial charge on any atom is -0.507 e. The Kier molecular flexibility index (Phi) is 38.5. The van der Waals surface area contributed by atoms with Gasteiger partial charge in [0.05, 0.1) is 47.7 Å². The molecule has 12 aromatic rings. The Morgan fingerprint density at radius 3 is 1.03 bits per heavy atom. The predicted molar refractivity (Wildman–Crippen MR) is 448 cm³/mol. The summed E-state index contributed by atoms with van der Waals surface area (Å²) in [6.45, 7) is 0.234. The molecule has 3 radical (unpaired) electrons. The number of carboxylic acids is 1. The summed E-state index contributed by atoms with van der Waals surface area (Å²) < 4.78 is 111. The highest BCUT2D eigenvalue weighted by Crippen LogP contribution is 2.23. The highest BCUT2D eigenvalue weighted by molar-refractivity contribution is 14.1. The van der Waals surface area contributed by atoms with Gasteiger partial charge in [-0.3, -0.25) is 51.6 Å².